The van der Waals surface area contributed by atoms with Gasteiger partial charge in [0.05, 0.1) is 12.1 Å². The number of benzene rings is 1. The number of aryl methyl sites for hydroxylation is 2. The number of nitrogens with zero attached hydrogens (tertiary/aromatic N) is 1. The zero-order valence-corrected chi connectivity index (χ0v) is 11.0. The molecule has 3 nitrogen and oxygen atoms in total. The van der Waals surface area contributed by atoms with E-state index in [1.54, 1.807) is 0 Å². The first kappa shape index (κ1) is 12.8. The summed E-state index contributed by atoms with van der Waals surface area (Å²) in [6.07, 6.45) is 1.75. The van der Waals surface area contributed by atoms with Gasteiger partial charge in [0.2, 0.25) is 0 Å². The van der Waals surface area contributed by atoms with Crippen LogP contribution in [0.2, 0.25) is 0 Å². The summed E-state index contributed by atoms with van der Waals surface area (Å²) in [5, 5.41) is 8.64. The van der Waals surface area contributed by atoms with E-state index in [2.05, 4.69) is 35.6 Å². The summed E-state index contributed by atoms with van der Waals surface area (Å²) in [6.45, 7) is 2.13. The van der Waals surface area contributed by atoms with Crippen LogP contribution in [-0.2, 0) is 17.6 Å². The molecule has 2 rings (SSSR count). The molecule has 1 N–H and O–H groups in total. The van der Waals surface area contributed by atoms with Gasteiger partial charge in [0.1, 0.15) is 0 Å². The fraction of sp³-hybridized carbons (Fsp3) is 0.286. The van der Waals surface area contributed by atoms with Crippen LogP contribution < -0.4 is 0 Å². The molecule has 0 radical (unpaired) electrons. The molecule has 2 aromatic rings. The van der Waals surface area contributed by atoms with Gasteiger partial charge in [-0.15, -0.1) is 0 Å². The van der Waals surface area contributed by atoms with E-state index in [4.69, 9.17) is 5.11 Å². The van der Waals surface area contributed by atoms with Gasteiger partial charge in [0.25, 0.3) is 0 Å². The first-order valence-electron chi connectivity index (χ1n) is 5.95. The number of aromatic nitrogens is 1. The molecule has 0 amide bonds. The van der Waals surface area contributed by atoms with E-state index in [9.17, 15) is 4.79 Å². The monoisotopic (exact) mass is 261 g/mol. The van der Waals surface area contributed by atoms with Crippen LogP contribution in [0.25, 0.3) is 11.3 Å². The lowest BCUT2D eigenvalue weighted by molar-refractivity contribution is -0.136. The van der Waals surface area contributed by atoms with Crippen molar-refractivity contribution in [1.29, 1.82) is 0 Å². The third-order valence-corrected chi connectivity index (χ3v) is 3.65. The molecule has 94 valence electrons. The summed E-state index contributed by atoms with van der Waals surface area (Å²) in [4.78, 5) is 11.5. The highest BCUT2D eigenvalue weighted by atomic mass is 32.1. The lowest BCUT2D eigenvalue weighted by Gasteiger charge is -1.98. The second-order valence-electron chi connectivity index (χ2n) is 4.12. The van der Waals surface area contributed by atoms with Crippen molar-refractivity contribution in [2.75, 3.05) is 0 Å². The summed E-state index contributed by atoms with van der Waals surface area (Å²) in [5.74, 6) is -0.766. The molecule has 0 atom stereocenters. The lowest BCUT2D eigenvalue weighted by atomic mass is 10.1. The van der Waals surface area contributed by atoms with E-state index in [-0.39, 0.29) is 6.42 Å². The van der Waals surface area contributed by atoms with Gasteiger partial charge < -0.3 is 5.11 Å². The van der Waals surface area contributed by atoms with Crippen molar-refractivity contribution in [3.8, 4) is 11.3 Å². The molecule has 0 saturated heterocycles. The molecule has 0 aliphatic carbocycles. The van der Waals surface area contributed by atoms with Crippen LogP contribution in [0.3, 0.4) is 0 Å². The minimum absolute atomic E-state index is 0.163. The molecule has 0 saturated carbocycles. The van der Waals surface area contributed by atoms with Crippen molar-refractivity contribution in [3.63, 3.8) is 0 Å². The Balaban J connectivity index is 2.10. The lowest BCUT2D eigenvalue weighted by Crippen LogP contribution is -1.95. The van der Waals surface area contributed by atoms with E-state index >= 15 is 0 Å². The molecule has 0 fully saturated rings. The van der Waals surface area contributed by atoms with E-state index in [1.165, 1.54) is 17.1 Å². The number of hydrogen-bond donors (Lipinski definition) is 1. The number of carboxylic acid groups (broad SMARTS) is 1. The fourth-order valence-corrected chi connectivity index (χ4v) is 2.44. The van der Waals surface area contributed by atoms with Crippen LogP contribution in [-0.4, -0.2) is 15.4 Å². The molecular weight excluding hydrogens is 246 g/mol. The molecule has 0 bridgehead atoms. The van der Waals surface area contributed by atoms with Gasteiger partial charge in [-0.2, -0.15) is 4.37 Å². The molecule has 0 spiro atoms. The zero-order valence-electron chi connectivity index (χ0n) is 10.2. The van der Waals surface area contributed by atoms with Crippen molar-refractivity contribution in [1.82, 2.24) is 4.37 Å². The minimum atomic E-state index is -0.766. The first-order valence-corrected chi connectivity index (χ1v) is 6.73. The molecule has 0 aliphatic rings. The third kappa shape index (κ3) is 3.17. The topological polar surface area (TPSA) is 50.2 Å². The third-order valence-electron chi connectivity index (χ3n) is 2.80. The van der Waals surface area contributed by atoms with Crippen molar-refractivity contribution in [2.24, 2.45) is 0 Å². The Kier molecular flexibility index (Phi) is 4.10. The van der Waals surface area contributed by atoms with Crippen LogP contribution in [0, 0.1) is 0 Å². The molecule has 1 aromatic heterocycles. The largest absolute Gasteiger partial charge is 0.481 e. The predicted octanol–water partition coefficient (Wildman–Crippen LogP) is 3.39. The fourth-order valence-electron chi connectivity index (χ4n) is 1.71. The maximum atomic E-state index is 10.5. The standard InChI is InChI=1S/C14H15NO2S/c1-2-10-3-5-11(6-4-10)13-9-12(18-15-13)7-8-14(16)17/h3-6,9H,2,7-8H2,1H3,(H,16,17). The Morgan fingerprint density at radius 1 is 1.33 bits per heavy atom. The Morgan fingerprint density at radius 2 is 2.06 bits per heavy atom. The van der Waals surface area contributed by atoms with Crippen molar-refractivity contribution < 1.29 is 9.90 Å². The van der Waals surface area contributed by atoms with Crippen molar-refractivity contribution in [3.05, 3.63) is 40.8 Å². The van der Waals surface area contributed by atoms with Gasteiger partial charge in [0.15, 0.2) is 0 Å². The SMILES string of the molecule is CCc1ccc(-c2cc(CCC(=O)O)sn2)cc1. The van der Waals surface area contributed by atoms with Crippen LogP contribution in [0.4, 0.5) is 0 Å². The molecular formula is C14H15NO2S. The maximum absolute atomic E-state index is 10.5. The number of carbonyl (C=O) groups is 1. The van der Waals surface area contributed by atoms with Crippen LogP contribution in [0.5, 0.6) is 0 Å². The smallest absolute Gasteiger partial charge is 0.303 e. The van der Waals surface area contributed by atoms with E-state index < -0.39 is 5.97 Å². The maximum Gasteiger partial charge on any atom is 0.303 e. The molecule has 1 heterocycles. The minimum Gasteiger partial charge on any atom is -0.481 e. The quantitative estimate of drug-likeness (QED) is 0.897. The summed E-state index contributed by atoms with van der Waals surface area (Å²) in [6, 6.07) is 10.3. The number of hydrogen-bond acceptors (Lipinski definition) is 3. The van der Waals surface area contributed by atoms with E-state index in [0.717, 1.165) is 22.6 Å². The van der Waals surface area contributed by atoms with E-state index in [0.29, 0.717) is 6.42 Å². The average molecular weight is 261 g/mol. The second-order valence-corrected chi connectivity index (χ2v) is 5.01. The van der Waals surface area contributed by atoms with Crippen LogP contribution in [0.1, 0.15) is 23.8 Å². The Morgan fingerprint density at radius 3 is 2.67 bits per heavy atom. The summed E-state index contributed by atoms with van der Waals surface area (Å²) < 4.78 is 4.37. The predicted molar refractivity (Wildman–Crippen MR) is 72.9 cm³/mol. The molecule has 4 heteroatoms. The summed E-state index contributed by atoms with van der Waals surface area (Å²) in [7, 11) is 0. The number of aliphatic carboxylic acids is 1. The highest BCUT2D eigenvalue weighted by Gasteiger charge is 2.06. The zero-order chi connectivity index (χ0) is 13.0. The summed E-state index contributed by atoms with van der Waals surface area (Å²) >= 11 is 1.38. The number of rotatable bonds is 5. The van der Waals surface area contributed by atoms with Gasteiger partial charge in [0, 0.05) is 10.4 Å². The molecule has 0 unspecified atom stereocenters. The Bertz CT molecular complexity index is 531. The first-order chi connectivity index (χ1) is 8.69. The van der Waals surface area contributed by atoms with Gasteiger partial charge in [-0.1, -0.05) is 31.2 Å². The molecule has 18 heavy (non-hydrogen) atoms. The summed E-state index contributed by atoms with van der Waals surface area (Å²) in [5.41, 5.74) is 3.33. The normalized spacial score (nSPS) is 10.5. The highest BCUT2D eigenvalue weighted by molar-refractivity contribution is 7.06. The van der Waals surface area contributed by atoms with Crippen LogP contribution >= 0.6 is 11.5 Å². The number of carboxylic acids is 1. The van der Waals surface area contributed by atoms with Gasteiger partial charge >= 0.3 is 5.97 Å². The Labute approximate surface area is 110 Å². The second kappa shape index (κ2) is 5.78. The van der Waals surface area contributed by atoms with Crippen molar-refractivity contribution in [2.45, 2.75) is 26.2 Å². The highest BCUT2D eigenvalue weighted by Crippen LogP contribution is 2.23. The molecule has 0 aliphatic heterocycles. The van der Waals surface area contributed by atoms with Crippen LogP contribution in [0.15, 0.2) is 30.3 Å². The van der Waals surface area contributed by atoms with Gasteiger partial charge in [-0.25, -0.2) is 0 Å². The van der Waals surface area contributed by atoms with E-state index in [1.807, 2.05) is 6.07 Å². The molecule has 1 aromatic carbocycles. The van der Waals surface area contributed by atoms with Crippen molar-refractivity contribution >= 4 is 17.5 Å². The average Bonchev–Trinajstić information content (AvgIpc) is 2.85. The van der Waals surface area contributed by atoms with Gasteiger partial charge in [-0.05, 0) is 36.0 Å². The Hall–Kier alpha value is -1.68. The van der Waals surface area contributed by atoms with Gasteiger partial charge in [-0.3, -0.25) is 4.79 Å².